The highest BCUT2D eigenvalue weighted by atomic mass is 16.5. The zero-order chi connectivity index (χ0) is 11.0. The van der Waals surface area contributed by atoms with Gasteiger partial charge in [0.05, 0.1) is 12.7 Å². The van der Waals surface area contributed by atoms with Gasteiger partial charge in [-0.1, -0.05) is 0 Å². The van der Waals surface area contributed by atoms with Crippen molar-refractivity contribution in [3.63, 3.8) is 0 Å². The van der Waals surface area contributed by atoms with Gasteiger partial charge in [-0.2, -0.15) is 0 Å². The Hall–Kier alpha value is -1.35. The highest BCUT2D eigenvalue weighted by molar-refractivity contribution is 5.90. The van der Waals surface area contributed by atoms with Crippen molar-refractivity contribution < 1.29 is 9.53 Å². The van der Waals surface area contributed by atoms with Gasteiger partial charge in [0, 0.05) is 6.04 Å². The summed E-state index contributed by atoms with van der Waals surface area (Å²) in [5, 5.41) is 0. The second-order valence-corrected chi connectivity index (χ2v) is 4.00. The first-order valence-corrected chi connectivity index (χ1v) is 5.11. The third-order valence-corrected chi connectivity index (χ3v) is 3.03. The van der Waals surface area contributed by atoms with Crippen LogP contribution in [0.1, 0.15) is 39.5 Å². The normalized spacial score (nSPS) is 18.7. The molecule has 1 aliphatic carbocycles. The zero-order valence-corrected chi connectivity index (χ0v) is 9.04. The summed E-state index contributed by atoms with van der Waals surface area (Å²) >= 11 is 0. The van der Waals surface area contributed by atoms with Gasteiger partial charge < -0.3 is 10.5 Å². The smallest absolute Gasteiger partial charge is 0.337 e. The average Bonchev–Trinajstić information content (AvgIpc) is 2.60. The summed E-state index contributed by atoms with van der Waals surface area (Å²) in [5.41, 5.74) is 10.1. The van der Waals surface area contributed by atoms with Crippen LogP contribution < -0.4 is 5.73 Å². The molecule has 3 nitrogen and oxygen atoms in total. The van der Waals surface area contributed by atoms with Crippen LogP contribution in [-0.2, 0) is 11.2 Å². The van der Waals surface area contributed by atoms with Gasteiger partial charge in [0.25, 0.3) is 0 Å². The molecular weight excluding hydrogens is 190 g/mol. The Balaban J connectivity index is 2.50. The lowest BCUT2D eigenvalue weighted by Crippen LogP contribution is -2.08. The molecule has 0 saturated carbocycles. The fourth-order valence-corrected chi connectivity index (χ4v) is 2.21. The van der Waals surface area contributed by atoms with Crippen LogP contribution in [-0.4, -0.2) is 13.1 Å². The van der Waals surface area contributed by atoms with Gasteiger partial charge in [0.2, 0.25) is 0 Å². The number of nitrogens with two attached hydrogens (primary N) is 1. The van der Waals surface area contributed by atoms with Crippen molar-refractivity contribution in [3.05, 3.63) is 34.4 Å². The molecule has 0 saturated heterocycles. The SMILES string of the molecule is COC(=O)c1cc(C)c2c(c1)C(N)CC2. The fraction of sp³-hybridized carbons (Fsp3) is 0.417. The highest BCUT2D eigenvalue weighted by Gasteiger charge is 2.22. The van der Waals surface area contributed by atoms with Crippen LogP contribution >= 0.6 is 0 Å². The minimum atomic E-state index is -0.292. The van der Waals surface area contributed by atoms with Gasteiger partial charge >= 0.3 is 5.97 Å². The molecule has 1 aromatic rings. The number of carbonyl (C=O) groups is 1. The number of hydrogen-bond acceptors (Lipinski definition) is 3. The lowest BCUT2D eigenvalue weighted by atomic mass is 9.99. The van der Waals surface area contributed by atoms with Crippen LogP contribution in [0.25, 0.3) is 0 Å². The van der Waals surface area contributed by atoms with Crippen molar-refractivity contribution in [3.8, 4) is 0 Å². The zero-order valence-electron chi connectivity index (χ0n) is 9.04. The van der Waals surface area contributed by atoms with Gasteiger partial charge in [0.15, 0.2) is 0 Å². The number of fused-ring (bicyclic) bond motifs is 1. The number of carbonyl (C=O) groups excluding carboxylic acids is 1. The second-order valence-electron chi connectivity index (χ2n) is 4.00. The molecule has 0 aliphatic heterocycles. The Kier molecular flexibility index (Phi) is 2.49. The first-order chi connectivity index (χ1) is 7.13. The monoisotopic (exact) mass is 205 g/mol. The quantitative estimate of drug-likeness (QED) is 0.710. The van der Waals surface area contributed by atoms with Crippen molar-refractivity contribution >= 4 is 5.97 Å². The predicted octanol–water partition coefficient (Wildman–Crippen LogP) is 1.73. The number of ether oxygens (including phenoxy) is 1. The van der Waals surface area contributed by atoms with E-state index in [9.17, 15) is 4.79 Å². The molecule has 15 heavy (non-hydrogen) atoms. The van der Waals surface area contributed by atoms with Crippen molar-refractivity contribution in [2.24, 2.45) is 5.73 Å². The molecule has 0 spiro atoms. The van der Waals surface area contributed by atoms with Crippen LogP contribution in [0.2, 0.25) is 0 Å². The summed E-state index contributed by atoms with van der Waals surface area (Å²) in [6.45, 7) is 2.02. The van der Waals surface area contributed by atoms with E-state index in [0.717, 1.165) is 24.0 Å². The molecule has 0 heterocycles. The van der Waals surface area contributed by atoms with Crippen LogP contribution in [0.4, 0.5) is 0 Å². The summed E-state index contributed by atoms with van der Waals surface area (Å²) in [6, 6.07) is 3.82. The maximum Gasteiger partial charge on any atom is 0.337 e. The van der Waals surface area contributed by atoms with Crippen LogP contribution in [0.15, 0.2) is 12.1 Å². The maximum absolute atomic E-state index is 11.4. The Morgan fingerprint density at radius 1 is 1.53 bits per heavy atom. The molecule has 0 radical (unpaired) electrons. The second kappa shape index (κ2) is 3.66. The Labute approximate surface area is 89.2 Å². The average molecular weight is 205 g/mol. The van der Waals surface area contributed by atoms with Gasteiger partial charge in [-0.15, -0.1) is 0 Å². The minimum absolute atomic E-state index is 0.0725. The first-order valence-electron chi connectivity index (χ1n) is 5.11. The minimum Gasteiger partial charge on any atom is -0.465 e. The van der Waals surface area contributed by atoms with Crippen molar-refractivity contribution in [2.75, 3.05) is 7.11 Å². The molecule has 3 heteroatoms. The summed E-state index contributed by atoms with van der Waals surface area (Å²) < 4.78 is 4.71. The van der Waals surface area contributed by atoms with E-state index in [0.29, 0.717) is 5.56 Å². The highest BCUT2D eigenvalue weighted by Crippen LogP contribution is 2.32. The maximum atomic E-state index is 11.4. The summed E-state index contributed by atoms with van der Waals surface area (Å²) in [5.74, 6) is -0.292. The van der Waals surface area contributed by atoms with Crippen molar-refractivity contribution in [2.45, 2.75) is 25.8 Å². The van der Waals surface area contributed by atoms with E-state index in [1.165, 1.54) is 12.7 Å². The van der Waals surface area contributed by atoms with E-state index in [2.05, 4.69) is 0 Å². The molecule has 1 atom stereocenters. The molecule has 0 amide bonds. The Morgan fingerprint density at radius 3 is 2.93 bits per heavy atom. The number of methoxy groups -OCH3 is 1. The van der Waals surface area contributed by atoms with Crippen molar-refractivity contribution in [1.82, 2.24) is 0 Å². The Bertz CT molecular complexity index is 412. The first kappa shape index (κ1) is 10.2. The van der Waals surface area contributed by atoms with Crippen molar-refractivity contribution in [1.29, 1.82) is 0 Å². The van der Waals surface area contributed by atoms with Crippen LogP contribution in [0, 0.1) is 6.92 Å². The lowest BCUT2D eigenvalue weighted by molar-refractivity contribution is 0.0600. The predicted molar refractivity (Wildman–Crippen MR) is 57.8 cm³/mol. The molecule has 1 aliphatic rings. The van der Waals surface area contributed by atoms with E-state index >= 15 is 0 Å². The van der Waals surface area contributed by atoms with E-state index < -0.39 is 0 Å². The van der Waals surface area contributed by atoms with E-state index in [1.807, 2.05) is 19.1 Å². The van der Waals surface area contributed by atoms with E-state index in [1.54, 1.807) is 0 Å². The number of esters is 1. The fourth-order valence-electron chi connectivity index (χ4n) is 2.21. The lowest BCUT2D eigenvalue weighted by Gasteiger charge is -2.09. The van der Waals surface area contributed by atoms with Crippen LogP contribution in [0.5, 0.6) is 0 Å². The molecule has 0 bridgehead atoms. The van der Waals surface area contributed by atoms with Gasteiger partial charge in [0.1, 0.15) is 0 Å². The Morgan fingerprint density at radius 2 is 2.27 bits per heavy atom. The molecule has 2 N–H and O–H groups in total. The van der Waals surface area contributed by atoms with E-state index in [-0.39, 0.29) is 12.0 Å². The van der Waals surface area contributed by atoms with Gasteiger partial charge in [-0.05, 0) is 48.6 Å². The summed E-state index contributed by atoms with van der Waals surface area (Å²) in [6.07, 6.45) is 1.99. The molecule has 2 rings (SSSR count). The summed E-state index contributed by atoms with van der Waals surface area (Å²) in [7, 11) is 1.39. The number of aryl methyl sites for hydroxylation is 1. The standard InChI is InChI=1S/C12H15NO2/c1-7-5-8(12(14)15-2)6-10-9(7)3-4-11(10)13/h5-6,11H,3-4,13H2,1-2H3. The third-order valence-electron chi connectivity index (χ3n) is 3.03. The number of benzene rings is 1. The topological polar surface area (TPSA) is 52.3 Å². The largest absolute Gasteiger partial charge is 0.465 e. The third kappa shape index (κ3) is 1.63. The summed E-state index contributed by atoms with van der Waals surface area (Å²) in [4.78, 5) is 11.4. The van der Waals surface area contributed by atoms with Gasteiger partial charge in [-0.25, -0.2) is 4.79 Å². The molecule has 0 fully saturated rings. The van der Waals surface area contributed by atoms with Gasteiger partial charge in [-0.3, -0.25) is 0 Å². The van der Waals surface area contributed by atoms with Crippen LogP contribution in [0.3, 0.4) is 0 Å². The molecule has 80 valence electrons. The molecule has 1 unspecified atom stereocenters. The molecule has 0 aromatic heterocycles. The van der Waals surface area contributed by atoms with E-state index in [4.69, 9.17) is 10.5 Å². The number of rotatable bonds is 1. The molecule has 1 aromatic carbocycles. The molecular formula is C12H15NO2. The number of hydrogen-bond donors (Lipinski definition) is 1.